The number of hydrogen-bond acceptors (Lipinski definition) is 3. The fraction of sp³-hybridized carbons (Fsp3) is 0.875. The van der Waals surface area contributed by atoms with Gasteiger partial charge in [0.15, 0.2) is 0 Å². The molecule has 0 aromatic rings. The van der Waals surface area contributed by atoms with Crippen molar-refractivity contribution in [3.8, 4) is 0 Å². The van der Waals surface area contributed by atoms with Crippen LogP contribution in [-0.4, -0.2) is 48.1 Å². The normalized spacial score (nSPS) is 30.0. The zero-order chi connectivity index (χ0) is 15.6. The Hall–Kier alpha value is -1.10. The molecule has 5 heteroatoms. The Labute approximate surface area is 127 Å². The molecule has 2 fully saturated rings. The van der Waals surface area contributed by atoms with Gasteiger partial charge in [0.1, 0.15) is 11.6 Å². The van der Waals surface area contributed by atoms with Gasteiger partial charge in [0.25, 0.3) is 0 Å². The number of rotatable bonds is 7. The van der Waals surface area contributed by atoms with Crippen molar-refractivity contribution >= 4 is 11.8 Å². The van der Waals surface area contributed by atoms with E-state index in [2.05, 4.69) is 19.2 Å². The maximum Gasteiger partial charge on any atom is 0.249 e. The summed E-state index contributed by atoms with van der Waals surface area (Å²) in [6.07, 6.45) is 2.75. The average Bonchev–Trinajstić information content (AvgIpc) is 3.23. The van der Waals surface area contributed by atoms with Crippen LogP contribution in [-0.2, 0) is 14.3 Å². The van der Waals surface area contributed by atoms with E-state index in [9.17, 15) is 9.59 Å². The monoisotopic (exact) mass is 296 g/mol. The van der Waals surface area contributed by atoms with Crippen LogP contribution in [0.15, 0.2) is 0 Å². The van der Waals surface area contributed by atoms with Gasteiger partial charge in [-0.15, -0.1) is 0 Å². The van der Waals surface area contributed by atoms with Crippen molar-refractivity contribution in [3.63, 3.8) is 0 Å². The van der Waals surface area contributed by atoms with Crippen LogP contribution in [0.3, 0.4) is 0 Å². The fourth-order valence-corrected chi connectivity index (χ4v) is 3.16. The van der Waals surface area contributed by atoms with E-state index in [4.69, 9.17) is 4.74 Å². The van der Waals surface area contributed by atoms with Gasteiger partial charge in [0.2, 0.25) is 11.8 Å². The van der Waals surface area contributed by atoms with E-state index in [0.29, 0.717) is 38.0 Å². The molecule has 120 valence electrons. The highest BCUT2D eigenvalue weighted by molar-refractivity contribution is 6.00. The van der Waals surface area contributed by atoms with Gasteiger partial charge in [-0.2, -0.15) is 0 Å². The van der Waals surface area contributed by atoms with Crippen molar-refractivity contribution in [3.05, 3.63) is 0 Å². The van der Waals surface area contributed by atoms with Crippen molar-refractivity contribution < 1.29 is 14.3 Å². The summed E-state index contributed by atoms with van der Waals surface area (Å²) < 4.78 is 5.39. The molecule has 0 aromatic heterocycles. The molecule has 0 radical (unpaired) electrons. The van der Waals surface area contributed by atoms with Crippen molar-refractivity contribution in [1.82, 2.24) is 10.2 Å². The van der Waals surface area contributed by atoms with E-state index >= 15 is 0 Å². The zero-order valence-corrected chi connectivity index (χ0v) is 13.6. The minimum absolute atomic E-state index is 0.00537. The van der Waals surface area contributed by atoms with Gasteiger partial charge in [-0.3, -0.25) is 9.59 Å². The Morgan fingerprint density at radius 1 is 1.38 bits per heavy atom. The highest BCUT2D eigenvalue weighted by Gasteiger charge is 2.55. The van der Waals surface area contributed by atoms with E-state index < -0.39 is 5.54 Å². The van der Waals surface area contributed by atoms with Gasteiger partial charge in [-0.05, 0) is 44.9 Å². The molecule has 2 unspecified atom stereocenters. The standard InChI is InChI=1S/C16H28N2O3/c1-5-21-9-8-18-13(10-11(2)3)14(19)17-16(4,15(18)20)12-6-7-12/h11-13H,5-10H2,1-4H3,(H,17,19). The first-order chi connectivity index (χ1) is 9.90. The Balaban J connectivity index is 2.16. The van der Waals surface area contributed by atoms with Crippen molar-refractivity contribution in [2.24, 2.45) is 11.8 Å². The lowest BCUT2D eigenvalue weighted by Gasteiger charge is -2.45. The summed E-state index contributed by atoms with van der Waals surface area (Å²) in [6, 6.07) is -0.357. The third-order valence-electron chi connectivity index (χ3n) is 4.54. The van der Waals surface area contributed by atoms with Crippen molar-refractivity contribution in [1.29, 1.82) is 0 Å². The minimum Gasteiger partial charge on any atom is -0.380 e. The largest absolute Gasteiger partial charge is 0.380 e. The van der Waals surface area contributed by atoms with E-state index in [0.717, 1.165) is 12.8 Å². The van der Waals surface area contributed by atoms with Gasteiger partial charge in [0.05, 0.1) is 6.61 Å². The molecule has 2 amide bonds. The molecule has 0 spiro atoms. The summed E-state index contributed by atoms with van der Waals surface area (Å²) in [6.45, 7) is 9.59. The van der Waals surface area contributed by atoms with Crippen molar-refractivity contribution in [2.75, 3.05) is 19.8 Å². The van der Waals surface area contributed by atoms with Crippen LogP contribution < -0.4 is 5.32 Å². The number of nitrogens with zero attached hydrogens (tertiary/aromatic N) is 1. The lowest BCUT2D eigenvalue weighted by atomic mass is 9.87. The van der Waals surface area contributed by atoms with Crippen LogP contribution >= 0.6 is 0 Å². The Morgan fingerprint density at radius 3 is 2.57 bits per heavy atom. The Morgan fingerprint density at radius 2 is 2.05 bits per heavy atom. The number of hydrogen-bond donors (Lipinski definition) is 1. The average molecular weight is 296 g/mol. The predicted molar refractivity (Wildman–Crippen MR) is 80.7 cm³/mol. The molecule has 2 aliphatic rings. The second-order valence-electron chi connectivity index (χ2n) is 6.81. The number of ether oxygens (including phenoxy) is 1. The van der Waals surface area contributed by atoms with Crippen LogP contribution in [0.1, 0.15) is 47.0 Å². The molecule has 1 N–H and O–H groups in total. The summed E-state index contributed by atoms with van der Waals surface area (Å²) in [5.41, 5.74) is -0.712. The molecule has 0 bridgehead atoms. The molecule has 1 aliphatic carbocycles. The maximum atomic E-state index is 12.9. The molecule has 5 nitrogen and oxygen atoms in total. The van der Waals surface area contributed by atoms with Crippen LogP contribution in [0, 0.1) is 11.8 Å². The number of piperazine rings is 1. The maximum absolute atomic E-state index is 12.9. The van der Waals surface area contributed by atoms with Gasteiger partial charge in [-0.1, -0.05) is 13.8 Å². The fourth-order valence-electron chi connectivity index (χ4n) is 3.16. The Kier molecular flexibility index (Phi) is 4.91. The van der Waals surface area contributed by atoms with E-state index in [-0.39, 0.29) is 17.9 Å². The quantitative estimate of drug-likeness (QED) is 0.725. The van der Waals surface area contributed by atoms with Crippen LogP contribution in [0.4, 0.5) is 0 Å². The molecule has 1 saturated heterocycles. The van der Waals surface area contributed by atoms with Crippen LogP contribution in [0.2, 0.25) is 0 Å². The summed E-state index contributed by atoms with van der Waals surface area (Å²) in [5.74, 6) is 0.723. The first-order valence-corrected chi connectivity index (χ1v) is 8.11. The van der Waals surface area contributed by atoms with Gasteiger partial charge >= 0.3 is 0 Å². The number of carbonyl (C=O) groups excluding carboxylic acids is 2. The van der Waals surface area contributed by atoms with Gasteiger partial charge in [-0.25, -0.2) is 0 Å². The van der Waals surface area contributed by atoms with E-state index in [1.165, 1.54) is 0 Å². The molecular formula is C16H28N2O3. The molecule has 1 heterocycles. The molecule has 1 saturated carbocycles. The minimum atomic E-state index is -0.712. The number of carbonyl (C=O) groups is 2. The first-order valence-electron chi connectivity index (χ1n) is 8.11. The second kappa shape index (κ2) is 6.34. The summed E-state index contributed by atoms with van der Waals surface area (Å²) in [4.78, 5) is 27.2. The summed E-state index contributed by atoms with van der Waals surface area (Å²) in [5, 5.41) is 3.01. The smallest absolute Gasteiger partial charge is 0.249 e. The summed E-state index contributed by atoms with van der Waals surface area (Å²) in [7, 11) is 0. The topological polar surface area (TPSA) is 58.6 Å². The molecule has 1 aliphatic heterocycles. The third-order valence-corrected chi connectivity index (χ3v) is 4.54. The number of amides is 2. The van der Waals surface area contributed by atoms with Crippen molar-refractivity contribution in [2.45, 2.75) is 58.5 Å². The molecule has 2 rings (SSSR count). The second-order valence-corrected chi connectivity index (χ2v) is 6.81. The molecular weight excluding hydrogens is 268 g/mol. The summed E-state index contributed by atoms with van der Waals surface area (Å²) >= 11 is 0. The number of nitrogens with one attached hydrogen (secondary N) is 1. The highest BCUT2D eigenvalue weighted by Crippen LogP contribution is 2.42. The highest BCUT2D eigenvalue weighted by atomic mass is 16.5. The molecule has 21 heavy (non-hydrogen) atoms. The van der Waals surface area contributed by atoms with Gasteiger partial charge in [0, 0.05) is 13.2 Å². The SMILES string of the molecule is CCOCCN1C(=O)C(C)(C2CC2)NC(=O)C1CC(C)C. The van der Waals surface area contributed by atoms with Crippen LogP contribution in [0.5, 0.6) is 0 Å². The van der Waals surface area contributed by atoms with Gasteiger partial charge < -0.3 is 15.0 Å². The third kappa shape index (κ3) is 3.39. The zero-order valence-electron chi connectivity index (χ0n) is 13.6. The van der Waals surface area contributed by atoms with E-state index in [1.54, 1.807) is 4.90 Å². The molecule has 2 atom stereocenters. The predicted octanol–water partition coefficient (Wildman–Crippen LogP) is 1.56. The lowest BCUT2D eigenvalue weighted by Crippen LogP contribution is -2.70. The molecule has 0 aromatic carbocycles. The van der Waals surface area contributed by atoms with E-state index in [1.807, 2.05) is 13.8 Å². The first kappa shape index (κ1) is 16.3. The Bertz CT molecular complexity index is 406. The van der Waals surface area contributed by atoms with Crippen LogP contribution in [0.25, 0.3) is 0 Å². The lowest BCUT2D eigenvalue weighted by molar-refractivity contribution is -0.156.